The Morgan fingerprint density at radius 1 is 0.815 bits per heavy atom. The van der Waals surface area contributed by atoms with Crippen LogP contribution in [0.3, 0.4) is 0 Å². The Bertz CT molecular complexity index is 866. The largest absolute Gasteiger partial charge is 0.508 e. The zero-order chi connectivity index (χ0) is 19.1. The van der Waals surface area contributed by atoms with Crippen molar-refractivity contribution in [3.8, 4) is 16.9 Å². The molecule has 0 amide bonds. The summed E-state index contributed by atoms with van der Waals surface area (Å²) in [5, 5.41) is 12.6. The van der Waals surface area contributed by atoms with Crippen molar-refractivity contribution in [1.82, 2.24) is 0 Å². The van der Waals surface area contributed by atoms with Gasteiger partial charge < -0.3 is 16.2 Å². The third kappa shape index (κ3) is 5.47. The highest BCUT2D eigenvalue weighted by molar-refractivity contribution is 5.64. The lowest BCUT2D eigenvalue weighted by molar-refractivity contribution is 0.475. The number of hydrogen-bond acceptors (Lipinski definition) is 3. The smallest absolute Gasteiger partial charge is 0.115 e. The number of aryl methyl sites for hydroxylation is 1. The molecule has 3 heteroatoms. The normalized spacial score (nSPS) is 10.6. The van der Waals surface area contributed by atoms with E-state index in [1.807, 2.05) is 12.1 Å². The fraction of sp³-hybridized carbons (Fsp3) is 0.167. The lowest BCUT2D eigenvalue weighted by Gasteiger charge is -2.10. The topological polar surface area (TPSA) is 58.3 Å². The van der Waals surface area contributed by atoms with E-state index in [-0.39, 0.29) is 5.75 Å². The fourth-order valence-corrected chi connectivity index (χ4v) is 3.01. The third-order valence-corrected chi connectivity index (χ3v) is 4.61. The molecule has 0 aromatic heterocycles. The van der Waals surface area contributed by atoms with E-state index in [1.54, 1.807) is 12.1 Å². The highest BCUT2D eigenvalue weighted by atomic mass is 16.3. The molecule has 0 heterocycles. The van der Waals surface area contributed by atoms with Crippen LogP contribution in [-0.4, -0.2) is 5.11 Å². The summed E-state index contributed by atoms with van der Waals surface area (Å²) >= 11 is 0. The van der Waals surface area contributed by atoms with E-state index in [4.69, 9.17) is 5.73 Å². The Labute approximate surface area is 161 Å². The monoisotopic (exact) mass is 358 g/mol. The Morgan fingerprint density at radius 3 is 1.93 bits per heavy atom. The van der Waals surface area contributed by atoms with Crippen LogP contribution in [0.25, 0.3) is 11.1 Å². The van der Waals surface area contributed by atoms with Crippen molar-refractivity contribution >= 4 is 5.69 Å². The Balaban J connectivity index is 1.48. The van der Waals surface area contributed by atoms with Crippen molar-refractivity contribution in [2.45, 2.75) is 25.8 Å². The number of anilines is 1. The third-order valence-electron chi connectivity index (χ3n) is 4.61. The van der Waals surface area contributed by atoms with Crippen LogP contribution in [0.15, 0.2) is 85.1 Å². The van der Waals surface area contributed by atoms with Crippen LogP contribution in [0.5, 0.6) is 5.75 Å². The maximum Gasteiger partial charge on any atom is 0.115 e. The van der Waals surface area contributed by atoms with Gasteiger partial charge in [-0.15, -0.1) is 0 Å². The van der Waals surface area contributed by atoms with Gasteiger partial charge in [-0.3, -0.25) is 0 Å². The number of hydrogen-bond donors (Lipinski definition) is 3. The van der Waals surface area contributed by atoms with Gasteiger partial charge in [0, 0.05) is 17.9 Å². The zero-order valence-corrected chi connectivity index (χ0v) is 15.5. The quantitative estimate of drug-likeness (QED) is 0.468. The molecule has 0 aliphatic rings. The first-order valence-corrected chi connectivity index (χ1v) is 9.26. The van der Waals surface area contributed by atoms with Gasteiger partial charge in [0.25, 0.3) is 0 Å². The van der Waals surface area contributed by atoms with Gasteiger partial charge in [-0.25, -0.2) is 0 Å². The average Bonchev–Trinajstić information content (AvgIpc) is 2.70. The number of rotatable bonds is 8. The molecule has 3 nitrogen and oxygen atoms in total. The van der Waals surface area contributed by atoms with E-state index in [0.717, 1.165) is 36.2 Å². The van der Waals surface area contributed by atoms with Crippen molar-refractivity contribution in [2.75, 3.05) is 5.32 Å². The highest BCUT2D eigenvalue weighted by Crippen LogP contribution is 2.22. The molecule has 138 valence electrons. The summed E-state index contributed by atoms with van der Waals surface area (Å²) in [5.74, 6) is 0.268. The van der Waals surface area contributed by atoms with E-state index in [1.165, 1.54) is 16.7 Å². The molecule has 3 aromatic rings. The first kappa shape index (κ1) is 18.7. The van der Waals surface area contributed by atoms with Gasteiger partial charge in [-0.2, -0.15) is 0 Å². The molecular weight excluding hydrogens is 332 g/mol. The predicted molar refractivity (Wildman–Crippen MR) is 114 cm³/mol. The number of aromatic hydroxyl groups is 1. The summed E-state index contributed by atoms with van der Waals surface area (Å²) < 4.78 is 0. The van der Waals surface area contributed by atoms with E-state index in [2.05, 4.69) is 60.4 Å². The summed E-state index contributed by atoms with van der Waals surface area (Å²) in [6.07, 6.45) is 2.96. The van der Waals surface area contributed by atoms with Gasteiger partial charge in [-0.05, 0) is 65.8 Å². The Kier molecular flexibility index (Phi) is 6.29. The molecule has 0 unspecified atom stereocenters. The predicted octanol–water partition coefficient (Wildman–Crippen LogP) is 5.47. The number of nitrogens with one attached hydrogen (secondary N) is 1. The summed E-state index contributed by atoms with van der Waals surface area (Å²) in [6, 6.07) is 24.2. The van der Waals surface area contributed by atoms with E-state index >= 15 is 0 Å². The van der Waals surface area contributed by atoms with Crippen LogP contribution in [0.1, 0.15) is 24.0 Å². The first-order chi connectivity index (χ1) is 13.1. The van der Waals surface area contributed by atoms with Crippen molar-refractivity contribution < 1.29 is 5.11 Å². The molecule has 4 N–H and O–H groups in total. The highest BCUT2D eigenvalue weighted by Gasteiger charge is 2.01. The maximum atomic E-state index is 9.32. The van der Waals surface area contributed by atoms with Crippen LogP contribution < -0.4 is 11.1 Å². The standard InChI is InChI=1S/C24H26N2O/c1-18(26-23-13-15-24(27)16-14-23)3-2-4-19-5-9-21(10-6-19)22-11-7-20(17-25)8-12-22/h5-16,26-27H,1-4,17,25H2. The van der Waals surface area contributed by atoms with Crippen LogP contribution in [0.4, 0.5) is 5.69 Å². The second-order valence-corrected chi connectivity index (χ2v) is 6.73. The van der Waals surface area contributed by atoms with Crippen molar-refractivity contribution in [1.29, 1.82) is 0 Å². The van der Waals surface area contributed by atoms with Gasteiger partial charge in [0.1, 0.15) is 5.75 Å². The van der Waals surface area contributed by atoms with Crippen LogP contribution in [0, 0.1) is 0 Å². The number of benzene rings is 3. The van der Waals surface area contributed by atoms with Crippen LogP contribution in [0.2, 0.25) is 0 Å². The van der Waals surface area contributed by atoms with Gasteiger partial charge in [-0.1, -0.05) is 55.1 Å². The van der Waals surface area contributed by atoms with Gasteiger partial charge >= 0.3 is 0 Å². The molecule has 0 bridgehead atoms. The van der Waals surface area contributed by atoms with Crippen molar-refractivity contribution in [3.63, 3.8) is 0 Å². The SMILES string of the molecule is C=C(CCCc1ccc(-c2ccc(CN)cc2)cc1)Nc1ccc(O)cc1. The molecule has 0 aliphatic heterocycles. The van der Waals surface area contributed by atoms with Gasteiger partial charge in [0.15, 0.2) is 0 Å². The van der Waals surface area contributed by atoms with Crippen LogP contribution in [-0.2, 0) is 13.0 Å². The lowest BCUT2D eigenvalue weighted by Crippen LogP contribution is -1.98. The number of allylic oxidation sites excluding steroid dienone is 1. The summed E-state index contributed by atoms with van der Waals surface area (Å²) in [7, 11) is 0. The summed E-state index contributed by atoms with van der Waals surface area (Å²) in [6.45, 7) is 4.66. The second-order valence-electron chi connectivity index (χ2n) is 6.73. The van der Waals surface area contributed by atoms with E-state index in [0.29, 0.717) is 6.54 Å². The fourth-order valence-electron chi connectivity index (χ4n) is 3.01. The van der Waals surface area contributed by atoms with Gasteiger partial charge in [0.2, 0.25) is 0 Å². The molecule has 0 saturated heterocycles. The molecule has 0 aliphatic carbocycles. The summed E-state index contributed by atoms with van der Waals surface area (Å²) in [5.41, 5.74) is 12.5. The molecule has 3 aromatic carbocycles. The maximum absolute atomic E-state index is 9.32. The minimum atomic E-state index is 0.268. The van der Waals surface area contributed by atoms with Crippen molar-refractivity contribution in [2.24, 2.45) is 5.73 Å². The van der Waals surface area contributed by atoms with Crippen molar-refractivity contribution in [3.05, 3.63) is 96.2 Å². The van der Waals surface area contributed by atoms with E-state index in [9.17, 15) is 5.11 Å². The summed E-state index contributed by atoms with van der Waals surface area (Å²) in [4.78, 5) is 0. The molecule has 0 atom stereocenters. The molecular formula is C24H26N2O. The molecule has 3 rings (SSSR count). The Hall–Kier alpha value is -3.04. The second kappa shape index (κ2) is 9.06. The minimum absolute atomic E-state index is 0.268. The average molecular weight is 358 g/mol. The number of phenols is 1. The molecule has 0 radical (unpaired) electrons. The first-order valence-electron chi connectivity index (χ1n) is 9.26. The molecule has 27 heavy (non-hydrogen) atoms. The van der Waals surface area contributed by atoms with Crippen LogP contribution >= 0.6 is 0 Å². The minimum Gasteiger partial charge on any atom is -0.508 e. The number of phenolic OH excluding ortho intramolecular Hbond substituents is 1. The zero-order valence-electron chi connectivity index (χ0n) is 15.5. The molecule has 0 saturated carbocycles. The van der Waals surface area contributed by atoms with Gasteiger partial charge in [0.05, 0.1) is 0 Å². The van der Waals surface area contributed by atoms with E-state index < -0.39 is 0 Å². The Morgan fingerprint density at radius 2 is 1.37 bits per heavy atom. The molecule has 0 spiro atoms. The lowest BCUT2D eigenvalue weighted by atomic mass is 10.0. The number of nitrogens with two attached hydrogens (primary N) is 1. The molecule has 0 fully saturated rings.